The Balaban J connectivity index is 1.38. The Kier molecular flexibility index (Phi) is 5.64. The highest BCUT2D eigenvalue weighted by Crippen LogP contribution is 2.31. The quantitative estimate of drug-likeness (QED) is 0.415. The summed E-state index contributed by atoms with van der Waals surface area (Å²) in [4.78, 5) is 36.1. The zero-order valence-corrected chi connectivity index (χ0v) is 18.2. The van der Waals surface area contributed by atoms with Gasteiger partial charge in [0.1, 0.15) is 11.4 Å². The predicted molar refractivity (Wildman–Crippen MR) is 120 cm³/mol. The van der Waals surface area contributed by atoms with Crippen molar-refractivity contribution in [2.45, 2.75) is 19.8 Å². The average Bonchev–Trinajstić information content (AvgIpc) is 3.56. The third-order valence-corrected chi connectivity index (χ3v) is 5.87. The van der Waals surface area contributed by atoms with Gasteiger partial charge in [-0.3, -0.25) is 4.79 Å². The number of rotatable bonds is 5. The summed E-state index contributed by atoms with van der Waals surface area (Å²) in [5, 5.41) is 0. The summed E-state index contributed by atoms with van der Waals surface area (Å²) in [6, 6.07) is 12.0. The fourth-order valence-corrected chi connectivity index (χ4v) is 3.91. The molecule has 0 saturated carbocycles. The summed E-state index contributed by atoms with van der Waals surface area (Å²) in [6.45, 7) is 3.32. The molecule has 5 rings (SSSR count). The number of ether oxygens (including phenoxy) is 1. The van der Waals surface area contributed by atoms with Gasteiger partial charge in [0.25, 0.3) is 5.91 Å². The Bertz CT molecular complexity index is 1270. The van der Waals surface area contributed by atoms with Gasteiger partial charge in [-0.1, -0.05) is 6.92 Å². The fourth-order valence-electron chi connectivity index (χ4n) is 3.91. The molecular weight excluding hydrogens is 422 g/mol. The molecule has 0 bridgehead atoms. The number of furan rings is 2. The Labute approximate surface area is 190 Å². The topological polar surface area (TPSA) is 98.7 Å². The molecule has 4 heterocycles. The van der Waals surface area contributed by atoms with E-state index in [1.54, 1.807) is 59.9 Å². The van der Waals surface area contributed by atoms with E-state index in [4.69, 9.17) is 18.6 Å². The Hall–Kier alpha value is -3.94. The first-order valence-corrected chi connectivity index (χ1v) is 10.9. The standard InChI is InChI=1S/C25H23N3O5/c1-16-8-10-28(11-9-16)22(29)15-33-25(30)17-6-7-18-19(14-17)27-24(21-5-3-13-32-21)23(26-18)20-4-2-12-31-20/h2-7,12-14,16H,8-11,15H2,1H3. The van der Waals surface area contributed by atoms with Crippen molar-refractivity contribution >= 4 is 22.9 Å². The van der Waals surface area contributed by atoms with Crippen LogP contribution >= 0.6 is 0 Å². The molecule has 8 nitrogen and oxygen atoms in total. The second-order valence-electron chi connectivity index (χ2n) is 8.22. The van der Waals surface area contributed by atoms with Crippen molar-refractivity contribution in [2.75, 3.05) is 19.7 Å². The summed E-state index contributed by atoms with van der Waals surface area (Å²) in [7, 11) is 0. The monoisotopic (exact) mass is 445 g/mol. The van der Waals surface area contributed by atoms with Crippen molar-refractivity contribution < 1.29 is 23.2 Å². The fraction of sp³-hybridized carbons (Fsp3) is 0.280. The maximum Gasteiger partial charge on any atom is 0.338 e. The number of likely N-dealkylation sites (tertiary alicyclic amines) is 1. The van der Waals surface area contributed by atoms with Gasteiger partial charge in [-0.2, -0.15) is 0 Å². The molecule has 3 aromatic heterocycles. The van der Waals surface area contributed by atoms with Crippen LogP contribution in [-0.4, -0.2) is 46.4 Å². The summed E-state index contributed by atoms with van der Waals surface area (Å²) >= 11 is 0. The van der Waals surface area contributed by atoms with Crippen LogP contribution in [0.5, 0.6) is 0 Å². The highest BCUT2D eigenvalue weighted by molar-refractivity contribution is 5.95. The van der Waals surface area contributed by atoms with E-state index < -0.39 is 5.97 Å². The highest BCUT2D eigenvalue weighted by atomic mass is 16.5. The number of piperidine rings is 1. The van der Waals surface area contributed by atoms with Crippen molar-refractivity contribution in [3.8, 4) is 22.9 Å². The summed E-state index contributed by atoms with van der Waals surface area (Å²) in [5.74, 6) is 0.968. The van der Waals surface area contributed by atoms with Gasteiger partial charge in [0.2, 0.25) is 0 Å². The first-order valence-electron chi connectivity index (χ1n) is 10.9. The number of hydrogen-bond acceptors (Lipinski definition) is 7. The van der Waals surface area contributed by atoms with E-state index in [0.717, 1.165) is 12.8 Å². The highest BCUT2D eigenvalue weighted by Gasteiger charge is 2.22. The minimum atomic E-state index is -0.577. The van der Waals surface area contributed by atoms with E-state index in [9.17, 15) is 9.59 Å². The summed E-state index contributed by atoms with van der Waals surface area (Å²) in [5.41, 5.74) is 2.43. The van der Waals surface area contributed by atoms with E-state index in [1.807, 2.05) is 0 Å². The molecule has 0 radical (unpaired) electrons. The van der Waals surface area contributed by atoms with E-state index in [1.165, 1.54) is 0 Å². The van der Waals surface area contributed by atoms with Crippen molar-refractivity contribution in [3.05, 3.63) is 60.6 Å². The number of aromatic nitrogens is 2. The van der Waals surface area contributed by atoms with Crippen LogP contribution in [-0.2, 0) is 9.53 Å². The molecule has 1 fully saturated rings. The van der Waals surface area contributed by atoms with E-state index in [2.05, 4.69) is 11.9 Å². The Morgan fingerprint density at radius 3 is 2.21 bits per heavy atom. The SMILES string of the molecule is CC1CCN(C(=O)COC(=O)c2ccc3nc(-c4ccco4)c(-c4ccco4)nc3c2)CC1. The van der Waals surface area contributed by atoms with Crippen LogP contribution in [0, 0.1) is 5.92 Å². The molecule has 1 aromatic carbocycles. The smallest absolute Gasteiger partial charge is 0.338 e. The summed E-state index contributed by atoms with van der Waals surface area (Å²) in [6.07, 6.45) is 5.07. The molecule has 33 heavy (non-hydrogen) atoms. The zero-order chi connectivity index (χ0) is 22.8. The minimum absolute atomic E-state index is 0.168. The van der Waals surface area contributed by atoms with Crippen LogP contribution in [0.4, 0.5) is 0 Å². The molecule has 0 N–H and O–H groups in total. The molecular formula is C25H23N3O5. The molecule has 1 aliphatic rings. The summed E-state index contributed by atoms with van der Waals surface area (Å²) < 4.78 is 16.4. The van der Waals surface area contributed by atoms with E-state index in [-0.39, 0.29) is 12.5 Å². The van der Waals surface area contributed by atoms with Crippen molar-refractivity contribution in [1.82, 2.24) is 14.9 Å². The van der Waals surface area contributed by atoms with Gasteiger partial charge in [0.05, 0.1) is 29.1 Å². The second-order valence-corrected chi connectivity index (χ2v) is 8.22. The molecule has 0 atom stereocenters. The Morgan fingerprint density at radius 1 is 0.970 bits per heavy atom. The predicted octanol–water partition coefficient (Wildman–Crippen LogP) is 4.57. The number of carbonyl (C=O) groups excluding carboxylic acids is 2. The van der Waals surface area contributed by atoms with Crippen LogP contribution in [0.3, 0.4) is 0 Å². The van der Waals surface area contributed by atoms with Crippen molar-refractivity contribution in [3.63, 3.8) is 0 Å². The third kappa shape index (κ3) is 4.37. The van der Waals surface area contributed by atoms with Crippen LogP contribution in [0.25, 0.3) is 33.9 Å². The van der Waals surface area contributed by atoms with Gasteiger partial charge in [-0.25, -0.2) is 14.8 Å². The maximum atomic E-state index is 12.6. The largest absolute Gasteiger partial charge is 0.463 e. The Morgan fingerprint density at radius 2 is 1.61 bits per heavy atom. The molecule has 4 aromatic rings. The maximum absolute atomic E-state index is 12.6. The van der Waals surface area contributed by atoms with Gasteiger partial charge in [0, 0.05) is 13.1 Å². The first kappa shape index (κ1) is 20.9. The molecule has 1 saturated heterocycles. The molecule has 1 aliphatic heterocycles. The van der Waals surface area contributed by atoms with Gasteiger partial charge in [-0.05, 0) is 61.2 Å². The second kappa shape index (κ2) is 8.90. The zero-order valence-electron chi connectivity index (χ0n) is 18.2. The number of fused-ring (bicyclic) bond motifs is 1. The minimum Gasteiger partial charge on any atom is -0.463 e. The van der Waals surface area contributed by atoms with Gasteiger partial charge in [-0.15, -0.1) is 0 Å². The van der Waals surface area contributed by atoms with Crippen LogP contribution in [0.15, 0.2) is 63.8 Å². The van der Waals surface area contributed by atoms with Gasteiger partial charge < -0.3 is 18.5 Å². The van der Waals surface area contributed by atoms with Gasteiger partial charge in [0.15, 0.2) is 18.1 Å². The molecule has 168 valence electrons. The lowest BCUT2D eigenvalue weighted by Crippen LogP contribution is -2.40. The number of amides is 1. The van der Waals surface area contributed by atoms with Gasteiger partial charge >= 0.3 is 5.97 Å². The molecule has 0 unspecified atom stereocenters. The van der Waals surface area contributed by atoms with Crippen molar-refractivity contribution in [2.24, 2.45) is 5.92 Å². The molecule has 0 spiro atoms. The number of hydrogen-bond donors (Lipinski definition) is 0. The lowest BCUT2D eigenvalue weighted by molar-refractivity contribution is -0.135. The number of nitrogens with zero attached hydrogens (tertiary/aromatic N) is 3. The normalized spacial score (nSPS) is 14.5. The van der Waals surface area contributed by atoms with Crippen LogP contribution < -0.4 is 0 Å². The molecule has 8 heteroatoms. The average molecular weight is 445 g/mol. The molecule has 1 amide bonds. The van der Waals surface area contributed by atoms with Crippen molar-refractivity contribution in [1.29, 1.82) is 0 Å². The number of esters is 1. The third-order valence-electron chi connectivity index (χ3n) is 5.87. The lowest BCUT2D eigenvalue weighted by atomic mass is 9.99. The first-order chi connectivity index (χ1) is 16.1. The number of carbonyl (C=O) groups is 2. The van der Waals surface area contributed by atoms with E-state index in [0.29, 0.717) is 58.5 Å². The lowest BCUT2D eigenvalue weighted by Gasteiger charge is -2.30. The van der Waals surface area contributed by atoms with E-state index >= 15 is 0 Å². The number of benzene rings is 1. The molecule has 0 aliphatic carbocycles. The van der Waals surface area contributed by atoms with Crippen LogP contribution in [0.1, 0.15) is 30.1 Å². The van der Waals surface area contributed by atoms with Crippen LogP contribution in [0.2, 0.25) is 0 Å².